The summed E-state index contributed by atoms with van der Waals surface area (Å²) in [6.07, 6.45) is 0. The van der Waals surface area contributed by atoms with Gasteiger partial charge < -0.3 is 15.1 Å². The maximum atomic E-state index is 13.8. The Morgan fingerprint density at radius 1 is 1.04 bits per heavy atom. The number of amides is 3. The molecule has 0 saturated carbocycles. The predicted molar refractivity (Wildman–Crippen MR) is 97.8 cm³/mol. The number of rotatable bonds is 3. The van der Waals surface area contributed by atoms with Gasteiger partial charge in [0.05, 0.1) is 11.6 Å². The molecular formula is C20H18F3N3O2. The zero-order valence-corrected chi connectivity index (χ0v) is 15.5. The number of carbonyl (C=O) groups is 2. The van der Waals surface area contributed by atoms with E-state index in [1.807, 2.05) is 0 Å². The van der Waals surface area contributed by atoms with Gasteiger partial charge in [-0.25, -0.2) is 18.0 Å². The van der Waals surface area contributed by atoms with E-state index in [0.29, 0.717) is 11.3 Å². The van der Waals surface area contributed by atoms with Crippen molar-refractivity contribution < 1.29 is 22.8 Å². The van der Waals surface area contributed by atoms with Crippen LogP contribution in [-0.2, 0) is 4.79 Å². The largest absolute Gasteiger partial charge is 0.324 e. The van der Waals surface area contributed by atoms with E-state index in [1.54, 1.807) is 13.0 Å². The first-order chi connectivity index (χ1) is 13.2. The Hall–Kier alpha value is -3.29. The lowest BCUT2D eigenvalue weighted by molar-refractivity contribution is -0.113. The Balaban J connectivity index is 2.05. The highest BCUT2D eigenvalue weighted by Gasteiger charge is 2.38. The van der Waals surface area contributed by atoms with Gasteiger partial charge in [-0.3, -0.25) is 4.79 Å². The quantitative estimate of drug-likeness (QED) is 0.861. The zero-order valence-electron chi connectivity index (χ0n) is 15.5. The van der Waals surface area contributed by atoms with E-state index >= 15 is 0 Å². The fourth-order valence-electron chi connectivity index (χ4n) is 3.19. The molecule has 28 heavy (non-hydrogen) atoms. The molecule has 3 amide bonds. The number of carbonyl (C=O) groups excluding carboxylic acids is 2. The van der Waals surface area contributed by atoms with Crippen molar-refractivity contribution in [2.75, 3.05) is 19.4 Å². The number of anilines is 1. The Bertz CT molecular complexity index is 990. The molecule has 0 radical (unpaired) electrons. The van der Waals surface area contributed by atoms with Crippen LogP contribution >= 0.6 is 0 Å². The minimum Gasteiger partial charge on any atom is -0.322 e. The number of likely N-dealkylation sites (N-methyl/N-ethyl adjacent to an activating group) is 1. The Labute approximate surface area is 160 Å². The van der Waals surface area contributed by atoms with Crippen molar-refractivity contribution >= 4 is 17.6 Å². The van der Waals surface area contributed by atoms with Crippen LogP contribution in [0, 0.1) is 17.5 Å². The first-order valence-electron chi connectivity index (χ1n) is 8.44. The Morgan fingerprint density at radius 3 is 2.39 bits per heavy atom. The van der Waals surface area contributed by atoms with Crippen molar-refractivity contribution in [2.45, 2.75) is 13.0 Å². The molecular weight excluding hydrogens is 371 g/mol. The molecule has 0 aromatic heterocycles. The predicted octanol–water partition coefficient (Wildman–Crippen LogP) is 4.05. The van der Waals surface area contributed by atoms with Gasteiger partial charge in [0.25, 0.3) is 5.91 Å². The van der Waals surface area contributed by atoms with E-state index in [0.717, 1.165) is 12.1 Å². The number of allylic oxidation sites excluding steroid dienone is 1. The molecule has 1 N–H and O–H groups in total. The highest BCUT2D eigenvalue weighted by atomic mass is 19.2. The van der Waals surface area contributed by atoms with Crippen molar-refractivity contribution in [1.29, 1.82) is 0 Å². The van der Waals surface area contributed by atoms with Crippen molar-refractivity contribution in [3.63, 3.8) is 0 Å². The molecule has 1 atom stereocenters. The molecule has 3 rings (SSSR count). The minimum atomic E-state index is -1.10. The second-order valence-corrected chi connectivity index (χ2v) is 6.49. The highest BCUT2D eigenvalue weighted by molar-refractivity contribution is 6.06. The fraction of sp³-hybridized carbons (Fsp3) is 0.200. The molecule has 0 spiro atoms. The van der Waals surface area contributed by atoms with Gasteiger partial charge in [0.15, 0.2) is 11.6 Å². The van der Waals surface area contributed by atoms with Crippen LogP contribution in [0.15, 0.2) is 53.7 Å². The maximum absolute atomic E-state index is 13.8. The van der Waals surface area contributed by atoms with E-state index in [9.17, 15) is 22.8 Å². The normalized spacial score (nSPS) is 17.2. The lowest BCUT2D eigenvalue weighted by atomic mass is 9.93. The van der Waals surface area contributed by atoms with E-state index in [2.05, 4.69) is 5.32 Å². The summed E-state index contributed by atoms with van der Waals surface area (Å²) in [7, 11) is 3.02. The zero-order chi connectivity index (χ0) is 20.6. The molecule has 1 aliphatic rings. The van der Waals surface area contributed by atoms with Crippen LogP contribution in [0.2, 0.25) is 0 Å². The van der Waals surface area contributed by atoms with Crippen LogP contribution in [-0.4, -0.2) is 35.8 Å². The average molecular weight is 389 g/mol. The molecule has 0 bridgehead atoms. The number of urea groups is 1. The number of nitrogens with one attached hydrogen (secondary N) is 1. The summed E-state index contributed by atoms with van der Waals surface area (Å²) in [5.74, 6) is -3.24. The molecule has 0 fully saturated rings. The van der Waals surface area contributed by atoms with Crippen LogP contribution in [0.5, 0.6) is 0 Å². The Morgan fingerprint density at radius 2 is 1.75 bits per heavy atom. The molecule has 1 aliphatic heterocycles. The summed E-state index contributed by atoms with van der Waals surface area (Å²) in [6, 6.07) is 7.39. The summed E-state index contributed by atoms with van der Waals surface area (Å²) in [6.45, 7) is 1.59. The molecule has 0 unspecified atom stereocenters. The topological polar surface area (TPSA) is 52.7 Å². The smallest absolute Gasteiger partial charge is 0.322 e. The van der Waals surface area contributed by atoms with Crippen molar-refractivity contribution in [2.24, 2.45) is 0 Å². The van der Waals surface area contributed by atoms with Crippen molar-refractivity contribution in [3.05, 3.63) is 76.7 Å². The molecule has 2 aromatic rings. The molecule has 0 aliphatic carbocycles. The molecule has 8 heteroatoms. The third-order valence-corrected chi connectivity index (χ3v) is 4.73. The highest BCUT2D eigenvalue weighted by Crippen LogP contribution is 2.36. The van der Waals surface area contributed by atoms with Gasteiger partial charge in [-0.15, -0.1) is 0 Å². The summed E-state index contributed by atoms with van der Waals surface area (Å²) in [4.78, 5) is 28.1. The van der Waals surface area contributed by atoms with E-state index in [4.69, 9.17) is 0 Å². The van der Waals surface area contributed by atoms with Gasteiger partial charge in [0.2, 0.25) is 0 Å². The van der Waals surface area contributed by atoms with Gasteiger partial charge in [-0.1, -0.05) is 12.1 Å². The van der Waals surface area contributed by atoms with Gasteiger partial charge in [0, 0.05) is 31.5 Å². The summed E-state index contributed by atoms with van der Waals surface area (Å²) in [5.41, 5.74) is 1.04. The molecule has 1 heterocycles. The van der Waals surface area contributed by atoms with Crippen LogP contribution in [0.3, 0.4) is 0 Å². The van der Waals surface area contributed by atoms with E-state index in [-0.39, 0.29) is 17.3 Å². The average Bonchev–Trinajstić information content (AvgIpc) is 2.65. The molecule has 0 saturated heterocycles. The number of benzene rings is 2. The van der Waals surface area contributed by atoms with Crippen molar-refractivity contribution in [1.82, 2.24) is 9.80 Å². The van der Waals surface area contributed by atoms with Gasteiger partial charge in [-0.2, -0.15) is 0 Å². The third-order valence-electron chi connectivity index (χ3n) is 4.73. The number of halogens is 3. The fourth-order valence-corrected chi connectivity index (χ4v) is 3.19. The van der Waals surface area contributed by atoms with E-state index in [1.165, 1.54) is 48.2 Å². The number of nitrogens with zero attached hydrogens (tertiary/aromatic N) is 2. The second-order valence-electron chi connectivity index (χ2n) is 6.49. The number of hydrogen-bond donors (Lipinski definition) is 1. The van der Waals surface area contributed by atoms with E-state index < -0.39 is 29.4 Å². The monoisotopic (exact) mass is 389 g/mol. The summed E-state index contributed by atoms with van der Waals surface area (Å²) >= 11 is 0. The van der Waals surface area contributed by atoms with Gasteiger partial charge in [-0.05, 0) is 36.8 Å². The minimum absolute atomic E-state index is 0.0596. The van der Waals surface area contributed by atoms with Crippen LogP contribution in [0.4, 0.5) is 23.7 Å². The number of hydrogen-bond acceptors (Lipinski definition) is 2. The van der Waals surface area contributed by atoms with Crippen LogP contribution in [0.1, 0.15) is 18.5 Å². The molecule has 5 nitrogen and oxygen atoms in total. The lowest BCUT2D eigenvalue weighted by Crippen LogP contribution is -2.47. The van der Waals surface area contributed by atoms with Gasteiger partial charge >= 0.3 is 6.03 Å². The molecule has 146 valence electrons. The van der Waals surface area contributed by atoms with Crippen molar-refractivity contribution in [3.8, 4) is 0 Å². The maximum Gasteiger partial charge on any atom is 0.324 e. The SMILES string of the molecule is CC1=C(C(=O)Nc2ccc(F)c(F)c2)[C@H](c2cccc(F)c2)N(C)C(=O)N1C. The Kier molecular flexibility index (Phi) is 5.13. The van der Waals surface area contributed by atoms with Crippen LogP contribution < -0.4 is 5.32 Å². The first-order valence-corrected chi connectivity index (χ1v) is 8.44. The standard InChI is InChI=1S/C20H18F3N3O2/c1-11-17(19(27)24-14-7-8-15(22)16(23)10-14)18(26(3)20(28)25(11)2)12-5-4-6-13(21)9-12/h4-10,18H,1-3H3,(H,24,27)/t18-/m0/s1. The summed E-state index contributed by atoms with van der Waals surface area (Å²) < 4.78 is 40.4. The van der Waals surface area contributed by atoms with Gasteiger partial charge in [0.1, 0.15) is 5.82 Å². The first kappa shape index (κ1) is 19.5. The van der Waals surface area contributed by atoms with Crippen LogP contribution in [0.25, 0.3) is 0 Å². The third kappa shape index (κ3) is 3.45. The second kappa shape index (κ2) is 7.38. The summed E-state index contributed by atoms with van der Waals surface area (Å²) in [5, 5.41) is 2.52. The lowest BCUT2D eigenvalue weighted by Gasteiger charge is -2.39. The molecule has 2 aromatic carbocycles.